The number of hydrogen-bond acceptors (Lipinski definition) is 7. The molecule has 4 amide bonds. The summed E-state index contributed by atoms with van der Waals surface area (Å²) < 4.78 is 0. The Hall–Kier alpha value is -3.92. The quantitative estimate of drug-likeness (QED) is 0.595. The largest absolute Gasteiger partial charge is 0.326 e. The molecule has 5 rings (SSSR count). The van der Waals surface area contributed by atoms with E-state index in [1.807, 2.05) is 0 Å². The first kappa shape index (κ1) is 19.1. The SMILES string of the molecule is O=C1Cc2cc(C(=O)Nc3nnc(CCN4C(=O)c5ccccc5C4=O)s3)ccc2N1. The first-order chi connectivity index (χ1) is 15.0. The van der Waals surface area contributed by atoms with Crippen molar-refractivity contribution in [2.45, 2.75) is 12.8 Å². The van der Waals surface area contributed by atoms with Gasteiger partial charge in [-0.25, -0.2) is 0 Å². The molecule has 10 heteroatoms. The van der Waals surface area contributed by atoms with E-state index in [0.717, 1.165) is 5.56 Å². The number of hydrogen-bond donors (Lipinski definition) is 2. The standard InChI is InChI=1S/C21H15N5O4S/c27-16-10-12-9-11(5-6-15(12)22-16)18(28)23-21-25-24-17(31-21)7-8-26-19(29)13-3-1-2-4-14(13)20(26)30/h1-6,9H,7-8,10H2,(H,22,27)(H,23,25,28). The lowest BCUT2D eigenvalue weighted by Crippen LogP contribution is -2.31. The number of nitrogens with zero attached hydrogens (tertiary/aromatic N) is 3. The number of nitrogens with one attached hydrogen (secondary N) is 2. The van der Waals surface area contributed by atoms with Gasteiger partial charge in [0.05, 0.1) is 17.5 Å². The fourth-order valence-electron chi connectivity index (χ4n) is 3.59. The van der Waals surface area contributed by atoms with Crippen molar-refractivity contribution in [2.75, 3.05) is 17.2 Å². The van der Waals surface area contributed by atoms with Crippen LogP contribution < -0.4 is 10.6 Å². The summed E-state index contributed by atoms with van der Waals surface area (Å²) in [6.07, 6.45) is 0.586. The van der Waals surface area contributed by atoms with Crippen LogP contribution in [-0.4, -0.2) is 45.3 Å². The van der Waals surface area contributed by atoms with E-state index in [1.54, 1.807) is 42.5 Å². The number of carbonyl (C=O) groups is 4. The van der Waals surface area contributed by atoms with E-state index in [2.05, 4.69) is 20.8 Å². The molecule has 31 heavy (non-hydrogen) atoms. The number of amides is 4. The Labute approximate surface area is 180 Å². The van der Waals surface area contributed by atoms with Crippen LogP contribution in [0.4, 0.5) is 10.8 Å². The summed E-state index contributed by atoms with van der Waals surface area (Å²) in [5.74, 6) is -1.09. The van der Waals surface area contributed by atoms with Crippen molar-refractivity contribution >= 4 is 45.8 Å². The highest BCUT2D eigenvalue weighted by Crippen LogP contribution is 2.26. The van der Waals surface area contributed by atoms with E-state index in [0.29, 0.717) is 38.9 Å². The summed E-state index contributed by atoms with van der Waals surface area (Å²) in [6, 6.07) is 11.7. The maximum absolute atomic E-state index is 12.5. The van der Waals surface area contributed by atoms with Gasteiger partial charge in [0.15, 0.2) is 0 Å². The third-order valence-corrected chi connectivity index (χ3v) is 6.01. The molecule has 0 spiro atoms. The number of benzene rings is 2. The Kier molecular flexibility index (Phi) is 4.55. The normalized spacial score (nSPS) is 14.5. The van der Waals surface area contributed by atoms with Crippen LogP contribution in [0.1, 0.15) is 41.6 Å². The highest BCUT2D eigenvalue weighted by molar-refractivity contribution is 7.15. The number of aromatic nitrogens is 2. The van der Waals surface area contributed by atoms with Crippen LogP contribution >= 0.6 is 11.3 Å². The van der Waals surface area contributed by atoms with Gasteiger partial charge in [0.1, 0.15) is 5.01 Å². The Morgan fingerprint density at radius 3 is 2.55 bits per heavy atom. The zero-order valence-corrected chi connectivity index (χ0v) is 16.9. The lowest BCUT2D eigenvalue weighted by molar-refractivity contribution is -0.115. The Bertz CT molecular complexity index is 1230. The number of rotatable bonds is 5. The minimum absolute atomic E-state index is 0.0978. The van der Waals surface area contributed by atoms with Gasteiger partial charge in [-0.15, -0.1) is 10.2 Å². The molecular formula is C21H15N5O4S. The molecule has 0 fully saturated rings. The lowest BCUT2D eigenvalue weighted by Gasteiger charge is -2.12. The molecule has 0 bridgehead atoms. The predicted octanol–water partition coefficient (Wildman–Crippen LogP) is 2.12. The number of carbonyl (C=O) groups excluding carboxylic acids is 4. The number of fused-ring (bicyclic) bond motifs is 2. The maximum Gasteiger partial charge on any atom is 0.261 e. The van der Waals surface area contributed by atoms with Crippen molar-refractivity contribution in [3.05, 3.63) is 69.7 Å². The molecule has 1 aromatic heterocycles. The van der Waals surface area contributed by atoms with Crippen molar-refractivity contribution in [1.82, 2.24) is 15.1 Å². The van der Waals surface area contributed by atoms with Gasteiger partial charge in [-0.05, 0) is 35.9 Å². The van der Waals surface area contributed by atoms with Gasteiger partial charge >= 0.3 is 0 Å². The van der Waals surface area contributed by atoms with E-state index in [-0.39, 0.29) is 36.6 Å². The first-order valence-corrected chi connectivity index (χ1v) is 10.3. The van der Waals surface area contributed by atoms with Crippen LogP contribution in [0.25, 0.3) is 0 Å². The minimum Gasteiger partial charge on any atom is -0.326 e. The second-order valence-corrected chi connectivity index (χ2v) is 8.17. The Balaban J connectivity index is 1.22. The molecule has 0 atom stereocenters. The Morgan fingerprint density at radius 2 is 1.81 bits per heavy atom. The van der Waals surface area contributed by atoms with Gasteiger partial charge in [-0.2, -0.15) is 0 Å². The van der Waals surface area contributed by atoms with Crippen molar-refractivity contribution < 1.29 is 19.2 Å². The van der Waals surface area contributed by atoms with Gasteiger partial charge in [0.25, 0.3) is 17.7 Å². The van der Waals surface area contributed by atoms with E-state index < -0.39 is 0 Å². The maximum atomic E-state index is 12.5. The van der Waals surface area contributed by atoms with Gasteiger partial charge < -0.3 is 5.32 Å². The molecule has 2 aliphatic heterocycles. The van der Waals surface area contributed by atoms with Crippen LogP contribution in [-0.2, 0) is 17.6 Å². The molecule has 2 aromatic carbocycles. The van der Waals surface area contributed by atoms with E-state index in [1.165, 1.54) is 16.2 Å². The third kappa shape index (κ3) is 3.46. The second-order valence-electron chi connectivity index (χ2n) is 7.11. The smallest absolute Gasteiger partial charge is 0.261 e. The van der Waals surface area contributed by atoms with Crippen LogP contribution in [0, 0.1) is 0 Å². The summed E-state index contributed by atoms with van der Waals surface area (Å²) >= 11 is 1.18. The number of anilines is 2. The summed E-state index contributed by atoms with van der Waals surface area (Å²) in [6.45, 7) is 0.181. The van der Waals surface area contributed by atoms with Crippen molar-refractivity contribution in [3.63, 3.8) is 0 Å². The molecule has 0 saturated heterocycles. The Morgan fingerprint density at radius 1 is 1.06 bits per heavy atom. The van der Waals surface area contributed by atoms with E-state index >= 15 is 0 Å². The molecule has 154 valence electrons. The monoisotopic (exact) mass is 433 g/mol. The second kappa shape index (κ2) is 7.40. The van der Waals surface area contributed by atoms with E-state index in [9.17, 15) is 19.2 Å². The third-order valence-electron chi connectivity index (χ3n) is 5.11. The number of imide groups is 1. The summed E-state index contributed by atoms with van der Waals surface area (Å²) in [7, 11) is 0. The van der Waals surface area contributed by atoms with Gasteiger partial charge in [-0.1, -0.05) is 23.5 Å². The summed E-state index contributed by atoms with van der Waals surface area (Å²) in [5, 5.41) is 14.3. The van der Waals surface area contributed by atoms with Crippen molar-refractivity contribution in [1.29, 1.82) is 0 Å². The average Bonchev–Trinajstić information content (AvgIpc) is 3.43. The van der Waals surface area contributed by atoms with Crippen LogP contribution in [0.5, 0.6) is 0 Å². The molecule has 0 radical (unpaired) electrons. The van der Waals surface area contributed by atoms with Crippen molar-refractivity contribution in [3.8, 4) is 0 Å². The molecule has 3 heterocycles. The van der Waals surface area contributed by atoms with Gasteiger partial charge in [0, 0.05) is 24.2 Å². The zero-order chi connectivity index (χ0) is 21.5. The predicted molar refractivity (Wildman–Crippen MR) is 112 cm³/mol. The molecule has 3 aromatic rings. The first-order valence-electron chi connectivity index (χ1n) is 9.51. The van der Waals surface area contributed by atoms with Gasteiger partial charge in [-0.3, -0.25) is 29.4 Å². The van der Waals surface area contributed by atoms with E-state index in [4.69, 9.17) is 0 Å². The lowest BCUT2D eigenvalue weighted by atomic mass is 10.1. The molecule has 9 nitrogen and oxygen atoms in total. The summed E-state index contributed by atoms with van der Waals surface area (Å²) in [5.41, 5.74) is 2.72. The van der Waals surface area contributed by atoms with Crippen LogP contribution in [0.3, 0.4) is 0 Å². The molecule has 0 unspecified atom stereocenters. The zero-order valence-electron chi connectivity index (χ0n) is 16.0. The van der Waals surface area contributed by atoms with Crippen LogP contribution in [0.2, 0.25) is 0 Å². The highest BCUT2D eigenvalue weighted by atomic mass is 32.1. The van der Waals surface area contributed by atoms with Crippen LogP contribution in [0.15, 0.2) is 42.5 Å². The average molecular weight is 433 g/mol. The summed E-state index contributed by atoms with van der Waals surface area (Å²) in [4.78, 5) is 50.0. The molecule has 0 saturated carbocycles. The van der Waals surface area contributed by atoms with Crippen molar-refractivity contribution in [2.24, 2.45) is 0 Å². The molecule has 0 aliphatic carbocycles. The highest BCUT2D eigenvalue weighted by Gasteiger charge is 2.34. The fraction of sp³-hybridized carbons (Fsp3) is 0.143. The van der Waals surface area contributed by atoms with Gasteiger partial charge in [0.2, 0.25) is 11.0 Å². The fourth-order valence-corrected chi connectivity index (χ4v) is 4.32. The molecular weight excluding hydrogens is 418 g/mol. The minimum atomic E-state index is -0.356. The topological polar surface area (TPSA) is 121 Å². The molecule has 2 aliphatic rings. The molecule has 2 N–H and O–H groups in total.